The van der Waals surface area contributed by atoms with Gasteiger partial charge in [0.05, 0.1) is 30.3 Å². The van der Waals surface area contributed by atoms with E-state index in [2.05, 4.69) is 33.0 Å². The Kier molecular flexibility index (Phi) is 45.1. The van der Waals surface area contributed by atoms with Crippen LogP contribution in [-0.4, -0.2) is 93.6 Å². The number of carbonyl (C=O) groups excluding carboxylic acids is 6. The molecule has 0 heterocycles. The van der Waals surface area contributed by atoms with E-state index in [1.54, 1.807) is 27.7 Å². The summed E-state index contributed by atoms with van der Waals surface area (Å²) in [6.45, 7) is 15.3. The van der Waals surface area contributed by atoms with Crippen molar-refractivity contribution in [2.45, 2.75) is 285 Å². The van der Waals surface area contributed by atoms with Crippen molar-refractivity contribution in [1.29, 1.82) is 0 Å². The molecule has 0 saturated carbocycles. The van der Waals surface area contributed by atoms with Gasteiger partial charge >= 0.3 is 29.8 Å². The highest BCUT2D eigenvalue weighted by Crippen LogP contribution is 2.28. The monoisotopic (exact) mass is 1040 g/mol. The van der Waals surface area contributed by atoms with E-state index >= 15 is 0 Å². The second kappa shape index (κ2) is 47.2. The molecule has 0 saturated heterocycles. The van der Waals surface area contributed by atoms with E-state index in [9.17, 15) is 28.8 Å². The molecule has 3 N–H and O–H groups in total. The number of rotatable bonds is 50. The third kappa shape index (κ3) is 34.8. The highest BCUT2D eigenvalue weighted by atomic mass is 16.6. The zero-order valence-corrected chi connectivity index (χ0v) is 48.1. The van der Waals surface area contributed by atoms with Gasteiger partial charge in [-0.2, -0.15) is 0 Å². The van der Waals surface area contributed by atoms with Gasteiger partial charge in [-0.05, 0) is 25.7 Å². The number of methoxy groups -OCH3 is 1. The first-order valence-corrected chi connectivity index (χ1v) is 29.7. The highest BCUT2D eigenvalue weighted by Gasteiger charge is 2.51. The summed E-state index contributed by atoms with van der Waals surface area (Å²) in [5.41, 5.74) is 5.85. The number of nitrogens with two attached hydrogens (primary N) is 1. The molecule has 1 amide bonds. The smallest absolute Gasteiger partial charge is 0.351 e. The van der Waals surface area contributed by atoms with Crippen LogP contribution < -0.4 is 11.1 Å². The summed E-state index contributed by atoms with van der Waals surface area (Å²) in [6, 6.07) is 0. The zero-order chi connectivity index (χ0) is 54.5. The van der Waals surface area contributed by atoms with Crippen molar-refractivity contribution in [3.8, 4) is 0 Å². The first-order chi connectivity index (χ1) is 35.2. The molecular formula is C59H110N2O12. The van der Waals surface area contributed by atoms with Crippen LogP contribution in [0.1, 0.15) is 261 Å². The number of amides is 1. The lowest BCUT2D eigenvalue weighted by Crippen LogP contribution is -2.59. The lowest BCUT2D eigenvalue weighted by molar-refractivity contribution is -0.211. The Labute approximate surface area is 444 Å². The maximum absolute atomic E-state index is 14.5. The topological polar surface area (TPSA) is 196 Å². The summed E-state index contributed by atoms with van der Waals surface area (Å²) in [4.78, 5) is 86.3. The van der Waals surface area contributed by atoms with E-state index in [0.717, 1.165) is 154 Å². The molecule has 428 valence electrons. The van der Waals surface area contributed by atoms with Crippen LogP contribution in [-0.2, 0) is 57.2 Å². The number of esters is 5. The van der Waals surface area contributed by atoms with Gasteiger partial charge in [0.2, 0.25) is 12.2 Å². The van der Waals surface area contributed by atoms with Crippen LogP contribution in [0.15, 0.2) is 0 Å². The summed E-state index contributed by atoms with van der Waals surface area (Å²) < 4.78 is 35.6. The van der Waals surface area contributed by atoms with Gasteiger partial charge in [-0.3, -0.25) is 24.0 Å². The van der Waals surface area contributed by atoms with Gasteiger partial charge in [-0.1, -0.05) is 235 Å². The molecule has 0 aromatic heterocycles. The van der Waals surface area contributed by atoms with E-state index in [-0.39, 0.29) is 26.3 Å². The number of carbonyl (C=O) groups is 6. The van der Waals surface area contributed by atoms with E-state index < -0.39 is 83.8 Å². The molecule has 14 nitrogen and oxygen atoms in total. The van der Waals surface area contributed by atoms with Crippen molar-refractivity contribution >= 4 is 35.8 Å². The normalized spacial score (nSPS) is 14.7. The summed E-state index contributed by atoms with van der Waals surface area (Å²) in [5.74, 6) is -7.81. The maximum atomic E-state index is 14.5. The Morgan fingerprint density at radius 1 is 0.384 bits per heavy atom. The Bertz CT molecular complexity index is 1410. The Morgan fingerprint density at radius 3 is 0.986 bits per heavy atom. The fraction of sp³-hybridized carbons (Fsp3) is 0.898. The average molecular weight is 1040 g/mol. The van der Waals surface area contributed by atoms with E-state index in [4.69, 9.17) is 34.2 Å². The lowest BCUT2D eigenvalue weighted by Gasteiger charge is -2.36. The molecule has 0 fully saturated rings. The first kappa shape index (κ1) is 69.7. The number of unbranched alkanes of at least 4 members (excludes halogenated alkanes) is 24. The quantitative estimate of drug-likeness (QED) is 0.0332. The van der Waals surface area contributed by atoms with Crippen LogP contribution in [0.3, 0.4) is 0 Å². The van der Waals surface area contributed by atoms with Gasteiger partial charge in [-0.15, -0.1) is 0 Å². The Morgan fingerprint density at radius 2 is 0.671 bits per heavy atom. The largest absolute Gasteiger partial charge is 0.460 e. The predicted octanol–water partition coefficient (Wildman–Crippen LogP) is 13.0. The van der Waals surface area contributed by atoms with Crippen molar-refractivity contribution in [2.75, 3.05) is 33.4 Å². The molecule has 0 aromatic rings. The molecule has 0 rings (SSSR count). The second-order valence-electron chi connectivity index (χ2n) is 21.0. The molecule has 0 radical (unpaired) electrons. The Hall–Kier alpha value is -3.26. The summed E-state index contributed by atoms with van der Waals surface area (Å²) in [7, 11) is 1.44. The van der Waals surface area contributed by atoms with E-state index in [1.807, 2.05) is 0 Å². The molecule has 8 atom stereocenters. The number of ether oxygens (including phenoxy) is 6. The minimum absolute atomic E-state index is 0.00606. The van der Waals surface area contributed by atoms with Crippen LogP contribution in [0.5, 0.6) is 0 Å². The molecule has 0 aliphatic carbocycles. The standard InChI is InChI=1S/C59H110N2O12/c1-10-14-18-22-26-30-34-38-46(5)55(63)70-50(52(54(62)61-43-42-60)72-57(65)48(7)40-36-32-28-24-20-16-12-3)51(71-56(64)47(6)39-35-31-27-23-19-15-11-2)53(59(67)69-45-44-68-9)73-58(66)49(8)41-37-33-29-25-21-17-13-4/h46-53H,10-45,60H2,1-9H3,(H,61,62). The fourth-order valence-electron chi connectivity index (χ4n) is 8.81. The number of hydrogen-bond acceptors (Lipinski definition) is 13. The van der Waals surface area contributed by atoms with Gasteiger partial charge in [0, 0.05) is 20.2 Å². The van der Waals surface area contributed by atoms with Gasteiger partial charge in [-0.25, -0.2) is 4.79 Å². The summed E-state index contributed by atoms with van der Waals surface area (Å²) >= 11 is 0. The van der Waals surface area contributed by atoms with Crippen molar-refractivity contribution < 1.29 is 57.2 Å². The predicted molar refractivity (Wildman–Crippen MR) is 292 cm³/mol. The van der Waals surface area contributed by atoms with Gasteiger partial charge in [0.15, 0.2) is 12.2 Å². The summed E-state index contributed by atoms with van der Waals surface area (Å²) in [5, 5.41) is 2.68. The molecule has 14 heteroatoms. The number of nitrogens with one attached hydrogen (secondary N) is 1. The van der Waals surface area contributed by atoms with Crippen LogP contribution in [0, 0.1) is 23.7 Å². The van der Waals surface area contributed by atoms with Crippen molar-refractivity contribution in [2.24, 2.45) is 29.4 Å². The second-order valence-corrected chi connectivity index (χ2v) is 21.0. The SMILES string of the molecule is CCCCCCCCCC(C)C(=O)OC(C(=O)NCCN)C(OC(=O)C(C)CCCCCCCCC)C(OC(=O)C(C)CCCCCCCCC)C(OC(=O)C(C)CCCCCCCCC)C(=O)OCCOC. The molecule has 8 unspecified atom stereocenters. The van der Waals surface area contributed by atoms with Crippen LogP contribution in [0.4, 0.5) is 0 Å². The van der Waals surface area contributed by atoms with E-state index in [1.165, 1.54) is 32.8 Å². The number of hydrogen-bond donors (Lipinski definition) is 2. The van der Waals surface area contributed by atoms with Crippen LogP contribution in [0.25, 0.3) is 0 Å². The molecule has 0 aliphatic heterocycles. The minimum Gasteiger partial charge on any atom is -0.460 e. The molecule has 73 heavy (non-hydrogen) atoms. The maximum Gasteiger partial charge on any atom is 0.351 e. The molecule has 0 aliphatic rings. The van der Waals surface area contributed by atoms with Crippen LogP contribution in [0.2, 0.25) is 0 Å². The minimum atomic E-state index is -2.04. The van der Waals surface area contributed by atoms with E-state index in [0.29, 0.717) is 25.7 Å². The van der Waals surface area contributed by atoms with Crippen molar-refractivity contribution in [3.05, 3.63) is 0 Å². The van der Waals surface area contributed by atoms with Crippen molar-refractivity contribution in [3.63, 3.8) is 0 Å². The fourth-order valence-corrected chi connectivity index (χ4v) is 8.81. The summed E-state index contributed by atoms with van der Waals surface area (Å²) in [6.07, 6.45) is 22.9. The Balaban J connectivity index is 7.53. The van der Waals surface area contributed by atoms with Gasteiger partial charge in [0.1, 0.15) is 6.61 Å². The molecule has 0 spiro atoms. The van der Waals surface area contributed by atoms with Crippen molar-refractivity contribution in [1.82, 2.24) is 5.32 Å². The third-order valence-electron chi connectivity index (χ3n) is 13.9. The first-order valence-electron chi connectivity index (χ1n) is 29.7. The molecular weight excluding hydrogens is 929 g/mol. The lowest BCUT2D eigenvalue weighted by atomic mass is 9.97. The average Bonchev–Trinajstić information content (AvgIpc) is 3.38. The third-order valence-corrected chi connectivity index (χ3v) is 13.9. The molecule has 0 bridgehead atoms. The van der Waals surface area contributed by atoms with Crippen LogP contribution >= 0.6 is 0 Å². The molecule has 0 aromatic carbocycles. The van der Waals surface area contributed by atoms with Gasteiger partial charge < -0.3 is 39.5 Å². The zero-order valence-electron chi connectivity index (χ0n) is 48.1. The van der Waals surface area contributed by atoms with Gasteiger partial charge in [0.25, 0.3) is 5.91 Å². The highest BCUT2D eigenvalue weighted by molar-refractivity contribution is 5.87.